The molecule has 1 aliphatic heterocycles. The van der Waals surface area contributed by atoms with E-state index in [1.165, 1.54) is 11.6 Å². The van der Waals surface area contributed by atoms with Gasteiger partial charge in [0, 0.05) is 11.3 Å². The lowest BCUT2D eigenvalue weighted by molar-refractivity contribution is -0.120. The van der Waals surface area contributed by atoms with E-state index in [1.54, 1.807) is 45.0 Å². The molecule has 220 valence electrons. The van der Waals surface area contributed by atoms with E-state index < -0.39 is 27.9 Å². The third kappa shape index (κ3) is 5.78. The molecule has 1 heterocycles. The molecule has 42 heavy (non-hydrogen) atoms. The van der Waals surface area contributed by atoms with Crippen LogP contribution in [0.15, 0.2) is 87.7 Å². The molecular formula is C32H35N3O6S. The average Bonchev–Trinajstić information content (AvgIpc) is 2.92. The highest BCUT2D eigenvalue weighted by molar-refractivity contribution is 8.23. The summed E-state index contributed by atoms with van der Waals surface area (Å²) in [5.41, 5.74) is 1.15. The quantitative estimate of drug-likeness (QED) is 0.198. The summed E-state index contributed by atoms with van der Waals surface area (Å²) in [5, 5.41) is 17.0. The fourth-order valence-electron chi connectivity index (χ4n) is 5.36. The summed E-state index contributed by atoms with van der Waals surface area (Å²) in [4.78, 5) is 26.5. The van der Waals surface area contributed by atoms with Crippen molar-refractivity contribution in [2.75, 3.05) is 10.6 Å². The number of amides is 1. The van der Waals surface area contributed by atoms with Gasteiger partial charge in [-0.15, -0.1) is 4.40 Å². The molecule has 9 nitrogen and oxygen atoms in total. The Morgan fingerprint density at radius 1 is 1.05 bits per heavy atom. The Morgan fingerprint density at radius 2 is 1.74 bits per heavy atom. The zero-order valence-corrected chi connectivity index (χ0v) is 24.8. The van der Waals surface area contributed by atoms with E-state index in [9.17, 15) is 23.8 Å². The Labute approximate surface area is 246 Å². The third-order valence-electron chi connectivity index (χ3n) is 7.36. The minimum atomic E-state index is -3.81. The first kappa shape index (κ1) is 29.4. The number of carbonyl (C=O) groups is 2. The number of carbonyl (C=O) groups excluding carboxylic acids is 2. The molecule has 1 aliphatic carbocycles. The number of Topliss-reactive ketones (excluding diaryl/α,β-unsaturated/α-hetero) is 1. The molecule has 0 fully saturated rings. The molecule has 1 amide bonds. The van der Waals surface area contributed by atoms with Crippen molar-refractivity contribution >= 4 is 45.6 Å². The molecule has 0 radical (unpaired) electrons. The smallest absolute Gasteiger partial charge is 0.412 e. The number of aliphatic hydroxyl groups excluding tert-OH is 1. The van der Waals surface area contributed by atoms with Gasteiger partial charge in [-0.3, -0.25) is 19.2 Å². The van der Waals surface area contributed by atoms with Crippen LogP contribution in [0.1, 0.15) is 57.2 Å². The second-order valence-corrected chi connectivity index (χ2v) is 13.4. The number of hydrogen-bond donors (Lipinski definition) is 5. The SMILES string of the molecule is CC(C)(C)OC(=O)Nc1ccc2c(c1)S(O)(O)N=C(C1=C(O)c3ccccc3C(C)(CCCc3ccccc3)C1=O)N2. The third-order valence-corrected chi connectivity index (χ3v) is 8.72. The zero-order chi connectivity index (χ0) is 30.3. The van der Waals surface area contributed by atoms with E-state index in [0.29, 0.717) is 17.5 Å². The number of nitrogens with zero attached hydrogens (tertiary/aromatic N) is 1. The first-order valence-corrected chi connectivity index (χ1v) is 15.2. The Bertz CT molecular complexity index is 1610. The zero-order valence-electron chi connectivity index (χ0n) is 24.0. The second-order valence-electron chi connectivity index (χ2n) is 11.7. The van der Waals surface area contributed by atoms with Crippen molar-refractivity contribution in [1.82, 2.24) is 0 Å². The van der Waals surface area contributed by atoms with E-state index in [0.717, 1.165) is 12.8 Å². The van der Waals surface area contributed by atoms with Crippen molar-refractivity contribution in [2.24, 2.45) is 4.40 Å². The van der Waals surface area contributed by atoms with E-state index in [4.69, 9.17) is 4.74 Å². The Morgan fingerprint density at radius 3 is 2.45 bits per heavy atom. The number of rotatable bonds is 6. The Hall–Kier alpha value is -4.12. The van der Waals surface area contributed by atoms with E-state index in [1.807, 2.05) is 49.4 Å². The van der Waals surface area contributed by atoms with E-state index in [2.05, 4.69) is 15.0 Å². The first-order chi connectivity index (χ1) is 19.8. The van der Waals surface area contributed by atoms with Gasteiger partial charge < -0.3 is 15.2 Å². The fraction of sp³-hybridized carbons (Fsp3) is 0.281. The topological polar surface area (TPSA) is 140 Å². The number of nitrogens with one attached hydrogen (secondary N) is 2. The van der Waals surface area contributed by atoms with Gasteiger partial charge in [-0.1, -0.05) is 65.4 Å². The molecule has 1 atom stereocenters. The van der Waals surface area contributed by atoms with Crippen LogP contribution < -0.4 is 10.6 Å². The summed E-state index contributed by atoms with van der Waals surface area (Å²) in [5.74, 6) is -0.759. The predicted octanol–water partition coefficient (Wildman–Crippen LogP) is 7.71. The van der Waals surface area contributed by atoms with Crippen LogP contribution in [0.3, 0.4) is 0 Å². The van der Waals surface area contributed by atoms with Crippen molar-refractivity contribution in [1.29, 1.82) is 0 Å². The van der Waals surface area contributed by atoms with Crippen LogP contribution in [-0.2, 0) is 21.4 Å². The van der Waals surface area contributed by atoms with Gasteiger partial charge in [0.15, 0.2) is 11.6 Å². The predicted molar refractivity (Wildman–Crippen MR) is 166 cm³/mol. The maximum absolute atomic E-state index is 14.2. The van der Waals surface area contributed by atoms with Crippen LogP contribution in [-0.4, -0.2) is 37.5 Å². The number of hydrogen-bond acceptors (Lipinski definition) is 8. The summed E-state index contributed by atoms with van der Waals surface area (Å²) in [6.07, 6.45) is 1.32. The lowest BCUT2D eigenvalue weighted by Gasteiger charge is -2.39. The van der Waals surface area contributed by atoms with Crippen molar-refractivity contribution in [3.8, 4) is 0 Å². The number of ether oxygens (including phenoxy) is 1. The van der Waals surface area contributed by atoms with Gasteiger partial charge in [0.2, 0.25) is 0 Å². The fourth-order valence-corrected chi connectivity index (χ4v) is 6.55. The van der Waals surface area contributed by atoms with E-state index in [-0.39, 0.29) is 39.2 Å². The van der Waals surface area contributed by atoms with Crippen molar-refractivity contribution in [3.05, 3.63) is 95.1 Å². The molecule has 3 aromatic carbocycles. The molecule has 0 spiro atoms. The molecule has 3 aromatic rings. The molecular weight excluding hydrogens is 554 g/mol. The number of anilines is 2. The minimum absolute atomic E-state index is 0.0363. The Balaban J connectivity index is 1.47. The number of ketones is 1. The standard InChI is InChI=1S/C32H35N3O6S/c1-31(2,3)41-30(38)33-21-16-17-24-25(19-21)42(39,40)35-29(34-24)26-27(36)22-14-8-9-15-23(22)32(4,28(26)37)18-10-13-20-11-6-5-7-12-20/h5-9,11-12,14-17,19,36,39-40H,10,13,18H2,1-4H3,(H,33,38)(H,34,35). The van der Waals surface area contributed by atoms with Gasteiger partial charge in [-0.25, -0.2) is 4.79 Å². The van der Waals surface area contributed by atoms with Crippen molar-refractivity contribution in [2.45, 2.75) is 62.9 Å². The van der Waals surface area contributed by atoms with Gasteiger partial charge in [0.25, 0.3) is 0 Å². The maximum atomic E-state index is 14.2. The van der Waals surface area contributed by atoms with Gasteiger partial charge in [0.1, 0.15) is 21.8 Å². The number of amidine groups is 1. The molecule has 0 saturated carbocycles. The summed E-state index contributed by atoms with van der Waals surface area (Å²) < 4.78 is 31.6. The van der Waals surface area contributed by atoms with Gasteiger partial charge in [0.05, 0.1) is 11.1 Å². The van der Waals surface area contributed by atoms with Gasteiger partial charge in [-0.2, -0.15) is 0 Å². The molecule has 10 heteroatoms. The Kier molecular flexibility index (Phi) is 7.65. The molecule has 5 rings (SSSR count). The van der Waals surface area contributed by atoms with Crippen LogP contribution in [0, 0.1) is 0 Å². The normalized spacial score (nSPS) is 20.0. The maximum Gasteiger partial charge on any atom is 0.412 e. The van der Waals surface area contributed by atoms with Crippen LogP contribution in [0.4, 0.5) is 16.2 Å². The van der Waals surface area contributed by atoms with Crippen LogP contribution in [0.25, 0.3) is 5.76 Å². The van der Waals surface area contributed by atoms with Crippen molar-refractivity contribution in [3.63, 3.8) is 0 Å². The first-order valence-electron chi connectivity index (χ1n) is 13.7. The summed E-state index contributed by atoms with van der Waals surface area (Å²) in [6.45, 7) is 7.06. The summed E-state index contributed by atoms with van der Waals surface area (Å²) in [6, 6.07) is 21.7. The van der Waals surface area contributed by atoms with Crippen LogP contribution >= 0.6 is 10.8 Å². The van der Waals surface area contributed by atoms with Gasteiger partial charge in [-0.05, 0) is 76.3 Å². The summed E-state index contributed by atoms with van der Waals surface area (Å²) in [7, 11) is -3.81. The van der Waals surface area contributed by atoms with Crippen molar-refractivity contribution < 1.29 is 28.5 Å². The highest BCUT2D eigenvalue weighted by atomic mass is 32.3. The van der Waals surface area contributed by atoms with Crippen LogP contribution in [0.5, 0.6) is 0 Å². The largest absolute Gasteiger partial charge is 0.506 e. The minimum Gasteiger partial charge on any atom is -0.506 e. The monoisotopic (exact) mass is 589 g/mol. The lowest BCUT2D eigenvalue weighted by Crippen LogP contribution is -2.42. The molecule has 1 unspecified atom stereocenters. The number of aliphatic hydroxyl groups is 1. The molecule has 5 N–H and O–H groups in total. The van der Waals surface area contributed by atoms with Crippen LogP contribution in [0.2, 0.25) is 0 Å². The van der Waals surface area contributed by atoms with E-state index >= 15 is 0 Å². The average molecular weight is 590 g/mol. The van der Waals surface area contributed by atoms with Gasteiger partial charge >= 0.3 is 6.09 Å². The molecule has 0 aromatic heterocycles. The summed E-state index contributed by atoms with van der Waals surface area (Å²) >= 11 is 0. The lowest BCUT2D eigenvalue weighted by atomic mass is 9.67. The molecule has 2 aliphatic rings. The number of benzene rings is 3. The highest BCUT2D eigenvalue weighted by Gasteiger charge is 2.46. The molecule has 0 saturated heterocycles. The highest BCUT2D eigenvalue weighted by Crippen LogP contribution is 2.57. The number of fused-ring (bicyclic) bond motifs is 2. The second kappa shape index (κ2) is 10.9. The number of aryl methyl sites for hydroxylation is 1. The molecule has 0 bridgehead atoms.